The summed E-state index contributed by atoms with van der Waals surface area (Å²) >= 11 is 2.53. The number of fused-ring (bicyclic) bond motifs is 2. The lowest BCUT2D eigenvalue weighted by Crippen LogP contribution is -2.28. The smallest absolute Gasteiger partial charge is 0.312 e. The van der Waals surface area contributed by atoms with Gasteiger partial charge in [0.1, 0.15) is 0 Å². The molecular formula is C10H15IO2. The molecule has 0 spiro atoms. The number of alkyl halides is 1. The van der Waals surface area contributed by atoms with Gasteiger partial charge in [-0.1, -0.05) is 22.6 Å². The van der Waals surface area contributed by atoms with Gasteiger partial charge in [-0.05, 0) is 39.0 Å². The highest BCUT2D eigenvalue weighted by atomic mass is 127. The summed E-state index contributed by atoms with van der Waals surface area (Å²) in [6, 6.07) is 0. The van der Waals surface area contributed by atoms with Crippen LogP contribution in [0.25, 0.3) is 0 Å². The van der Waals surface area contributed by atoms with E-state index in [-0.39, 0.29) is 11.4 Å². The molecule has 0 aliphatic heterocycles. The first-order chi connectivity index (χ1) is 6.10. The Bertz CT molecular complexity index is 229. The zero-order valence-corrected chi connectivity index (χ0v) is 10.1. The van der Waals surface area contributed by atoms with Crippen molar-refractivity contribution < 1.29 is 9.53 Å². The summed E-state index contributed by atoms with van der Waals surface area (Å²) in [7, 11) is 0. The van der Waals surface area contributed by atoms with E-state index in [2.05, 4.69) is 22.6 Å². The summed E-state index contributed by atoms with van der Waals surface area (Å²) in [6.07, 6.45) is 5.56. The van der Waals surface area contributed by atoms with E-state index >= 15 is 0 Å². The van der Waals surface area contributed by atoms with Crippen molar-refractivity contribution in [2.24, 2.45) is 5.41 Å². The standard InChI is InChI=1S/C10H15IO2/c1-2-13-8(12)9-3-5-10(11,7-9)6-4-9/h2-7H2,1H3. The molecule has 2 bridgehead atoms. The lowest BCUT2D eigenvalue weighted by Gasteiger charge is -2.23. The predicted molar refractivity (Wildman–Crippen MR) is 58.9 cm³/mol. The van der Waals surface area contributed by atoms with Crippen LogP contribution in [0, 0.1) is 5.41 Å². The van der Waals surface area contributed by atoms with E-state index in [1.165, 1.54) is 12.8 Å². The van der Waals surface area contributed by atoms with Crippen LogP contribution < -0.4 is 0 Å². The summed E-state index contributed by atoms with van der Waals surface area (Å²) in [6.45, 7) is 2.41. The number of hydrogen-bond acceptors (Lipinski definition) is 2. The van der Waals surface area contributed by atoms with E-state index in [0.29, 0.717) is 10.0 Å². The van der Waals surface area contributed by atoms with Crippen LogP contribution in [0.4, 0.5) is 0 Å². The van der Waals surface area contributed by atoms with E-state index in [4.69, 9.17) is 4.74 Å². The fourth-order valence-corrected chi connectivity index (χ4v) is 3.97. The third kappa shape index (κ3) is 1.49. The molecule has 0 aromatic carbocycles. The summed E-state index contributed by atoms with van der Waals surface area (Å²) in [5.41, 5.74) is -0.0861. The van der Waals surface area contributed by atoms with Crippen molar-refractivity contribution in [1.29, 1.82) is 0 Å². The second-order valence-electron chi connectivity index (χ2n) is 4.33. The average molecular weight is 294 g/mol. The van der Waals surface area contributed by atoms with Crippen LogP contribution in [0.2, 0.25) is 0 Å². The normalized spacial score (nSPS) is 42.3. The second-order valence-corrected chi connectivity index (χ2v) is 6.62. The van der Waals surface area contributed by atoms with Gasteiger partial charge in [-0.25, -0.2) is 0 Å². The van der Waals surface area contributed by atoms with Gasteiger partial charge in [0.25, 0.3) is 0 Å². The predicted octanol–water partition coefficient (Wildman–Crippen LogP) is 2.69. The zero-order chi connectivity index (χ0) is 9.53. The van der Waals surface area contributed by atoms with Gasteiger partial charge in [0.2, 0.25) is 0 Å². The second kappa shape index (κ2) is 3.11. The number of esters is 1. The molecule has 0 aromatic heterocycles. The largest absolute Gasteiger partial charge is 0.466 e. The maximum atomic E-state index is 11.7. The van der Waals surface area contributed by atoms with E-state index in [0.717, 1.165) is 19.3 Å². The Labute approximate surface area is 92.5 Å². The van der Waals surface area contributed by atoms with Crippen LogP contribution in [0.3, 0.4) is 0 Å². The number of halogens is 1. The van der Waals surface area contributed by atoms with Gasteiger partial charge in [-0.2, -0.15) is 0 Å². The minimum absolute atomic E-state index is 0.0611. The Hall–Kier alpha value is 0.200. The van der Waals surface area contributed by atoms with Crippen molar-refractivity contribution in [3.8, 4) is 0 Å². The molecule has 0 aromatic rings. The Balaban J connectivity index is 2.11. The number of hydrogen-bond donors (Lipinski definition) is 0. The number of ether oxygens (including phenoxy) is 1. The molecule has 2 aliphatic rings. The third-order valence-electron chi connectivity index (χ3n) is 3.47. The van der Waals surface area contributed by atoms with Gasteiger partial charge in [0, 0.05) is 3.42 Å². The first kappa shape index (κ1) is 9.74. The van der Waals surface area contributed by atoms with Crippen LogP contribution in [0.5, 0.6) is 0 Å². The molecule has 2 rings (SSSR count). The molecular weight excluding hydrogens is 279 g/mol. The van der Waals surface area contributed by atoms with Gasteiger partial charge >= 0.3 is 5.97 Å². The van der Waals surface area contributed by atoms with Gasteiger partial charge in [-0.15, -0.1) is 0 Å². The molecule has 2 fully saturated rings. The molecule has 0 saturated heterocycles. The van der Waals surface area contributed by atoms with Crippen LogP contribution in [0.15, 0.2) is 0 Å². The van der Waals surface area contributed by atoms with E-state index in [9.17, 15) is 4.79 Å². The van der Waals surface area contributed by atoms with Crippen molar-refractivity contribution in [2.75, 3.05) is 6.61 Å². The van der Waals surface area contributed by atoms with Crippen molar-refractivity contribution in [3.63, 3.8) is 0 Å². The summed E-state index contributed by atoms with van der Waals surface area (Å²) in [4.78, 5) is 11.7. The van der Waals surface area contributed by atoms with Crippen LogP contribution >= 0.6 is 22.6 Å². The average Bonchev–Trinajstić information content (AvgIpc) is 2.59. The Morgan fingerprint density at radius 2 is 2.00 bits per heavy atom. The number of rotatable bonds is 2. The number of carbonyl (C=O) groups excluding carboxylic acids is 1. The molecule has 2 nitrogen and oxygen atoms in total. The fraction of sp³-hybridized carbons (Fsp3) is 0.900. The minimum Gasteiger partial charge on any atom is -0.466 e. The SMILES string of the molecule is CCOC(=O)C12CCC(I)(CC1)C2. The molecule has 2 saturated carbocycles. The molecule has 2 aliphatic carbocycles. The third-order valence-corrected chi connectivity index (χ3v) is 4.93. The summed E-state index contributed by atoms with van der Waals surface area (Å²) in [5, 5.41) is 0. The van der Waals surface area contributed by atoms with E-state index in [1.54, 1.807) is 0 Å². The zero-order valence-electron chi connectivity index (χ0n) is 7.94. The van der Waals surface area contributed by atoms with Crippen molar-refractivity contribution >= 4 is 28.6 Å². The Morgan fingerprint density at radius 1 is 1.38 bits per heavy atom. The molecule has 0 unspecified atom stereocenters. The fourth-order valence-electron chi connectivity index (χ4n) is 2.70. The maximum absolute atomic E-state index is 11.7. The highest BCUT2D eigenvalue weighted by Gasteiger charge is 2.57. The summed E-state index contributed by atoms with van der Waals surface area (Å²) in [5.74, 6) is 0.0611. The number of carbonyl (C=O) groups is 1. The minimum atomic E-state index is -0.0861. The molecule has 74 valence electrons. The molecule has 13 heavy (non-hydrogen) atoms. The van der Waals surface area contributed by atoms with Crippen molar-refractivity contribution in [1.82, 2.24) is 0 Å². The Morgan fingerprint density at radius 3 is 2.38 bits per heavy atom. The molecule has 0 heterocycles. The molecule has 0 atom stereocenters. The maximum Gasteiger partial charge on any atom is 0.312 e. The van der Waals surface area contributed by atoms with Gasteiger partial charge < -0.3 is 4.74 Å². The monoisotopic (exact) mass is 294 g/mol. The highest BCUT2D eigenvalue weighted by Crippen LogP contribution is 2.61. The van der Waals surface area contributed by atoms with Crippen LogP contribution in [-0.4, -0.2) is 16.0 Å². The van der Waals surface area contributed by atoms with Crippen molar-refractivity contribution in [2.45, 2.75) is 42.4 Å². The van der Waals surface area contributed by atoms with Crippen LogP contribution in [0.1, 0.15) is 39.0 Å². The molecule has 3 heteroatoms. The van der Waals surface area contributed by atoms with Gasteiger partial charge in [-0.3, -0.25) is 4.79 Å². The molecule has 0 N–H and O–H groups in total. The highest BCUT2D eigenvalue weighted by molar-refractivity contribution is 14.1. The van der Waals surface area contributed by atoms with Crippen LogP contribution in [-0.2, 0) is 9.53 Å². The first-order valence-electron chi connectivity index (χ1n) is 4.96. The van der Waals surface area contributed by atoms with E-state index in [1.807, 2.05) is 6.92 Å². The molecule has 0 radical (unpaired) electrons. The lowest BCUT2D eigenvalue weighted by molar-refractivity contribution is -0.154. The van der Waals surface area contributed by atoms with E-state index < -0.39 is 0 Å². The lowest BCUT2D eigenvalue weighted by atomic mass is 9.84. The van der Waals surface area contributed by atoms with Gasteiger partial charge in [0.05, 0.1) is 12.0 Å². The van der Waals surface area contributed by atoms with Gasteiger partial charge in [0.15, 0.2) is 0 Å². The summed E-state index contributed by atoms with van der Waals surface area (Å²) < 4.78 is 5.57. The first-order valence-corrected chi connectivity index (χ1v) is 6.04. The van der Waals surface area contributed by atoms with Crippen molar-refractivity contribution in [3.05, 3.63) is 0 Å². The topological polar surface area (TPSA) is 26.3 Å². The quantitative estimate of drug-likeness (QED) is 0.445. The molecule has 0 amide bonds. The Kier molecular flexibility index (Phi) is 2.33.